The second-order valence-corrected chi connectivity index (χ2v) is 10.8. The minimum atomic E-state index is -0.0403. The fourth-order valence-corrected chi connectivity index (χ4v) is 6.26. The average Bonchev–Trinajstić information content (AvgIpc) is 2.80. The van der Waals surface area contributed by atoms with Gasteiger partial charge in [0.25, 0.3) is 5.91 Å². The Morgan fingerprint density at radius 3 is 2.65 bits per heavy atom. The summed E-state index contributed by atoms with van der Waals surface area (Å²) in [7, 11) is 0. The quantitative estimate of drug-likeness (QED) is 0.673. The number of hydrogen-bond donors (Lipinski definition) is 2. The Labute approximate surface area is 200 Å². The van der Waals surface area contributed by atoms with Crippen LogP contribution in [0.5, 0.6) is 0 Å². The third kappa shape index (κ3) is 4.02. The van der Waals surface area contributed by atoms with Gasteiger partial charge in [0, 0.05) is 56.0 Å². The first kappa shape index (κ1) is 21.8. The lowest BCUT2D eigenvalue weighted by Gasteiger charge is -2.61. The molecule has 0 spiro atoms. The van der Waals surface area contributed by atoms with Crippen molar-refractivity contribution in [3.63, 3.8) is 0 Å². The lowest BCUT2D eigenvalue weighted by molar-refractivity contribution is -0.119. The van der Waals surface area contributed by atoms with E-state index in [2.05, 4.69) is 31.6 Å². The Hall–Kier alpha value is -2.74. The van der Waals surface area contributed by atoms with Gasteiger partial charge in [-0.15, -0.1) is 0 Å². The van der Waals surface area contributed by atoms with Gasteiger partial charge in [-0.05, 0) is 56.2 Å². The van der Waals surface area contributed by atoms with E-state index in [9.17, 15) is 9.59 Å². The van der Waals surface area contributed by atoms with Gasteiger partial charge in [-0.1, -0.05) is 6.92 Å². The minimum absolute atomic E-state index is 0.0403. The summed E-state index contributed by atoms with van der Waals surface area (Å²) in [5, 5.41) is 6.35. The molecule has 3 aliphatic carbocycles. The van der Waals surface area contributed by atoms with Crippen molar-refractivity contribution in [3.8, 4) is 0 Å². The number of piperazine rings is 1. The number of rotatable bonds is 6. The minimum Gasteiger partial charge on any atom is -0.368 e. The van der Waals surface area contributed by atoms with Gasteiger partial charge in [0.15, 0.2) is 0 Å². The topological polar surface area (TPSA) is 89.9 Å². The summed E-state index contributed by atoms with van der Waals surface area (Å²) in [5.41, 5.74) is 2.52. The number of fused-ring (bicyclic) bond motifs is 1. The van der Waals surface area contributed by atoms with Crippen LogP contribution in [0.2, 0.25) is 0 Å². The molecule has 4 fully saturated rings. The highest BCUT2D eigenvalue weighted by Crippen LogP contribution is 2.56. The van der Waals surface area contributed by atoms with E-state index in [1.807, 2.05) is 31.3 Å². The molecule has 3 unspecified atom stereocenters. The van der Waals surface area contributed by atoms with Gasteiger partial charge < -0.3 is 15.5 Å². The SMILES string of the molecule is CCC1=CC2N=CC(CN3CCN(c4ccc(C(=O)NC56CC(C5)C6)nc4)CC3)CC2NC1=O. The number of amides is 2. The fraction of sp³-hybridized carbons (Fsp3) is 0.615. The van der Waals surface area contributed by atoms with E-state index >= 15 is 0 Å². The molecule has 2 amide bonds. The van der Waals surface area contributed by atoms with E-state index < -0.39 is 0 Å². The maximum absolute atomic E-state index is 12.5. The van der Waals surface area contributed by atoms with E-state index in [0.717, 1.165) is 82.0 Å². The predicted molar refractivity (Wildman–Crippen MR) is 131 cm³/mol. The molecule has 2 N–H and O–H groups in total. The first-order valence-corrected chi connectivity index (χ1v) is 12.8. The van der Waals surface area contributed by atoms with E-state index in [-0.39, 0.29) is 29.4 Å². The number of carbonyl (C=O) groups excluding carboxylic acids is 2. The van der Waals surface area contributed by atoms with Crippen LogP contribution in [0.15, 0.2) is 35.0 Å². The highest BCUT2D eigenvalue weighted by atomic mass is 16.2. The number of aromatic nitrogens is 1. The fourth-order valence-electron chi connectivity index (χ4n) is 6.26. The van der Waals surface area contributed by atoms with Gasteiger partial charge >= 0.3 is 0 Å². The molecule has 34 heavy (non-hydrogen) atoms. The van der Waals surface area contributed by atoms with Gasteiger partial charge in [0.05, 0.1) is 24.0 Å². The van der Waals surface area contributed by atoms with Crippen LogP contribution in [-0.2, 0) is 4.79 Å². The largest absolute Gasteiger partial charge is 0.368 e. The molecule has 7 rings (SSSR count). The zero-order valence-corrected chi connectivity index (χ0v) is 19.9. The van der Waals surface area contributed by atoms with Gasteiger partial charge in [0.1, 0.15) is 5.69 Å². The zero-order valence-electron chi connectivity index (χ0n) is 19.9. The number of aliphatic imine (C=N–C) groups is 1. The van der Waals surface area contributed by atoms with Crippen LogP contribution < -0.4 is 15.5 Å². The van der Waals surface area contributed by atoms with Gasteiger partial charge in [-0.3, -0.25) is 19.5 Å². The molecule has 3 aliphatic heterocycles. The summed E-state index contributed by atoms with van der Waals surface area (Å²) in [5.74, 6) is 1.24. The first-order chi connectivity index (χ1) is 16.5. The Bertz CT molecular complexity index is 1010. The molecule has 8 heteroatoms. The summed E-state index contributed by atoms with van der Waals surface area (Å²) < 4.78 is 0. The predicted octanol–water partition coefficient (Wildman–Crippen LogP) is 1.78. The maximum atomic E-state index is 12.5. The second kappa shape index (κ2) is 8.48. The van der Waals surface area contributed by atoms with Crippen molar-refractivity contribution in [2.75, 3.05) is 37.6 Å². The van der Waals surface area contributed by atoms with E-state index in [1.54, 1.807) is 0 Å². The van der Waals surface area contributed by atoms with Crippen molar-refractivity contribution in [2.45, 2.75) is 56.7 Å². The molecule has 1 aromatic rings. The Morgan fingerprint density at radius 2 is 2.00 bits per heavy atom. The monoisotopic (exact) mass is 462 g/mol. The highest BCUT2D eigenvalue weighted by molar-refractivity contribution is 5.95. The number of pyridine rings is 1. The van der Waals surface area contributed by atoms with Crippen molar-refractivity contribution in [1.82, 2.24) is 20.5 Å². The van der Waals surface area contributed by atoms with E-state index in [0.29, 0.717) is 11.6 Å². The van der Waals surface area contributed by atoms with E-state index in [4.69, 9.17) is 4.99 Å². The molecule has 8 nitrogen and oxygen atoms in total. The van der Waals surface area contributed by atoms with Crippen LogP contribution in [-0.4, -0.2) is 78.3 Å². The summed E-state index contributed by atoms with van der Waals surface area (Å²) in [6.45, 7) is 6.83. The lowest BCUT2D eigenvalue weighted by atomic mass is 9.50. The molecule has 2 bridgehead atoms. The van der Waals surface area contributed by atoms with Crippen LogP contribution in [0.25, 0.3) is 0 Å². The molecule has 3 atom stereocenters. The lowest BCUT2D eigenvalue weighted by Crippen LogP contribution is -2.68. The van der Waals surface area contributed by atoms with E-state index in [1.165, 1.54) is 0 Å². The summed E-state index contributed by atoms with van der Waals surface area (Å²) >= 11 is 0. The van der Waals surface area contributed by atoms with Crippen molar-refractivity contribution in [3.05, 3.63) is 35.7 Å². The van der Waals surface area contributed by atoms with Crippen LogP contribution in [0, 0.1) is 11.8 Å². The van der Waals surface area contributed by atoms with Crippen molar-refractivity contribution in [1.29, 1.82) is 0 Å². The molecule has 6 aliphatic rings. The third-order valence-corrected chi connectivity index (χ3v) is 8.43. The van der Waals surface area contributed by atoms with Crippen LogP contribution in [0.3, 0.4) is 0 Å². The standard InChI is InChI=1S/C26H34N6O2/c1-2-19-10-22-23(29-24(19)33)9-17(14-27-22)16-31-5-7-32(8-6-31)20-3-4-21(28-15-20)25(34)30-26-11-18(12-26)13-26/h3-4,10,14-15,17-18,22-23H,2,5-9,11-13,16H2,1H3,(H,29,33)(H,30,34). The van der Waals surface area contributed by atoms with Gasteiger partial charge in [-0.2, -0.15) is 0 Å². The Balaban J connectivity index is 0.990. The number of nitrogens with zero attached hydrogens (tertiary/aromatic N) is 4. The number of anilines is 1. The third-order valence-electron chi connectivity index (χ3n) is 8.43. The Morgan fingerprint density at radius 1 is 1.21 bits per heavy atom. The van der Waals surface area contributed by atoms with Crippen LogP contribution >= 0.6 is 0 Å². The normalized spacial score (nSPS) is 34.3. The number of hydrogen-bond acceptors (Lipinski definition) is 6. The summed E-state index contributed by atoms with van der Waals surface area (Å²) in [6, 6.07) is 4.10. The van der Waals surface area contributed by atoms with Gasteiger partial charge in [0.2, 0.25) is 5.91 Å². The molecule has 1 aromatic heterocycles. The molecule has 0 aromatic carbocycles. The average molecular weight is 463 g/mol. The smallest absolute Gasteiger partial charge is 0.270 e. The van der Waals surface area contributed by atoms with Gasteiger partial charge in [-0.25, -0.2) is 4.98 Å². The number of carbonyl (C=O) groups is 2. The molecule has 0 radical (unpaired) electrons. The number of nitrogens with one attached hydrogen (secondary N) is 2. The molecule has 180 valence electrons. The summed E-state index contributed by atoms with van der Waals surface area (Å²) in [6.07, 6.45) is 11.1. The molecule has 4 heterocycles. The Kier molecular flexibility index (Phi) is 5.43. The molecular formula is C26H34N6O2. The van der Waals surface area contributed by atoms with Crippen molar-refractivity contribution in [2.24, 2.45) is 16.8 Å². The zero-order chi connectivity index (χ0) is 23.3. The summed E-state index contributed by atoms with van der Waals surface area (Å²) in [4.78, 5) is 38.8. The molecular weight excluding hydrogens is 428 g/mol. The van der Waals surface area contributed by atoms with Crippen LogP contribution in [0.4, 0.5) is 5.69 Å². The second-order valence-electron chi connectivity index (χ2n) is 10.8. The van der Waals surface area contributed by atoms with Crippen LogP contribution in [0.1, 0.15) is 49.5 Å². The highest BCUT2D eigenvalue weighted by Gasteiger charge is 2.57. The van der Waals surface area contributed by atoms with Crippen molar-refractivity contribution >= 4 is 23.7 Å². The maximum Gasteiger partial charge on any atom is 0.270 e. The first-order valence-electron chi connectivity index (χ1n) is 12.8. The molecule has 1 saturated heterocycles. The molecule has 3 saturated carbocycles. The van der Waals surface area contributed by atoms with Crippen molar-refractivity contribution < 1.29 is 9.59 Å².